The van der Waals surface area contributed by atoms with Crippen LogP contribution in [0.15, 0.2) is 76.3 Å². The van der Waals surface area contributed by atoms with Crippen molar-refractivity contribution in [1.29, 1.82) is 0 Å². The molecular formula is C25H22N4O3. The maximum absolute atomic E-state index is 13.6. The van der Waals surface area contributed by atoms with Crippen LogP contribution in [0.4, 0.5) is 0 Å². The van der Waals surface area contributed by atoms with Gasteiger partial charge in [-0.3, -0.25) is 9.36 Å². The highest BCUT2D eigenvalue weighted by molar-refractivity contribution is 5.78. The number of benzene rings is 2. The molecule has 5 aromatic rings. The number of nitrogens with zero attached hydrogens (tertiary/aromatic N) is 4. The maximum Gasteiger partial charge on any atom is 0.269 e. The first-order valence-electron chi connectivity index (χ1n) is 10.4. The van der Waals surface area contributed by atoms with Crippen molar-refractivity contribution in [3.8, 4) is 28.7 Å². The van der Waals surface area contributed by atoms with Crippen molar-refractivity contribution in [2.24, 2.45) is 0 Å². The molecule has 0 aliphatic carbocycles. The third-order valence-electron chi connectivity index (χ3n) is 5.48. The minimum atomic E-state index is -0.222. The van der Waals surface area contributed by atoms with Gasteiger partial charge >= 0.3 is 0 Å². The van der Waals surface area contributed by atoms with Crippen molar-refractivity contribution in [1.82, 2.24) is 19.3 Å². The number of ether oxygens (including phenoxy) is 1. The van der Waals surface area contributed by atoms with Crippen molar-refractivity contribution in [3.63, 3.8) is 0 Å². The topological polar surface area (TPSA) is 75.1 Å². The Kier molecular flexibility index (Phi) is 4.86. The van der Waals surface area contributed by atoms with Crippen molar-refractivity contribution >= 4 is 11.0 Å². The Hall–Kier alpha value is -4.13. The molecule has 0 fully saturated rings. The van der Waals surface area contributed by atoms with Crippen LogP contribution in [0.1, 0.15) is 18.1 Å². The van der Waals surface area contributed by atoms with Gasteiger partial charge in [-0.05, 0) is 80.4 Å². The highest BCUT2D eigenvalue weighted by Crippen LogP contribution is 2.25. The highest BCUT2D eigenvalue weighted by Gasteiger charge is 2.20. The van der Waals surface area contributed by atoms with E-state index in [0.717, 1.165) is 17.0 Å². The van der Waals surface area contributed by atoms with Gasteiger partial charge in [0.25, 0.3) is 5.56 Å². The lowest BCUT2D eigenvalue weighted by Crippen LogP contribution is -2.22. The van der Waals surface area contributed by atoms with Crippen LogP contribution < -0.4 is 10.3 Å². The van der Waals surface area contributed by atoms with E-state index in [1.165, 1.54) is 5.56 Å². The number of aryl methyl sites for hydroxylation is 2. The van der Waals surface area contributed by atoms with E-state index in [2.05, 4.69) is 12.0 Å². The van der Waals surface area contributed by atoms with E-state index in [0.29, 0.717) is 34.9 Å². The van der Waals surface area contributed by atoms with E-state index in [1.54, 1.807) is 33.8 Å². The Labute approximate surface area is 184 Å². The van der Waals surface area contributed by atoms with Gasteiger partial charge in [0, 0.05) is 0 Å². The normalized spacial score (nSPS) is 11.2. The maximum atomic E-state index is 13.6. The zero-order chi connectivity index (χ0) is 22.2. The van der Waals surface area contributed by atoms with E-state index in [-0.39, 0.29) is 5.56 Å². The van der Waals surface area contributed by atoms with Gasteiger partial charge in [-0.15, -0.1) is 0 Å². The highest BCUT2D eigenvalue weighted by atomic mass is 16.5. The number of aromatic nitrogens is 4. The summed E-state index contributed by atoms with van der Waals surface area (Å²) in [5.74, 6) is 1.63. The summed E-state index contributed by atoms with van der Waals surface area (Å²) in [6, 6.07) is 16.9. The number of furan rings is 1. The molecular weight excluding hydrogens is 404 g/mol. The van der Waals surface area contributed by atoms with E-state index in [4.69, 9.17) is 14.1 Å². The Morgan fingerprint density at radius 2 is 1.78 bits per heavy atom. The third kappa shape index (κ3) is 3.28. The van der Waals surface area contributed by atoms with Gasteiger partial charge in [-0.2, -0.15) is 5.10 Å². The number of hydrogen-bond donors (Lipinski definition) is 0. The van der Waals surface area contributed by atoms with Crippen LogP contribution in [0.2, 0.25) is 0 Å². The minimum Gasteiger partial charge on any atom is -0.494 e. The molecule has 0 amide bonds. The predicted molar refractivity (Wildman–Crippen MR) is 123 cm³/mol. The minimum absolute atomic E-state index is 0.222. The van der Waals surface area contributed by atoms with Gasteiger partial charge in [-0.25, -0.2) is 9.67 Å². The fourth-order valence-electron chi connectivity index (χ4n) is 3.68. The largest absolute Gasteiger partial charge is 0.494 e. The number of hydrogen-bond acceptors (Lipinski definition) is 5. The van der Waals surface area contributed by atoms with Crippen LogP contribution in [0.5, 0.6) is 5.75 Å². The zero-order valence-corrected chi connectivity index (χ0v) is 18.1. The van der Waals surface area contributed by atoms with Crippen LogP contribution >= 0.6 is 0 Å². The van der Waals surface area contributed by atoms with Gasteiger partial charge in [0.05, 0.1) is 30.4 Å². The Balaban J connectivity index is 1.76. The van der Waals surface area contributed by atoms with E-state index in [1.807, 2.05) is 56.3 Å². The second-order valence-corrected chi connectivity index (χ2v) is 7.54. The Morgan fingerprint density at radius 1 is 1.00 bits per heavy atom. The summed E-state index contributed by atoms with van der Waals surface area (Å²) in [5, 5.41) is 4.91. The van der Waals surface area contributed by atoms with Gasteiger partial charge in [0.2, 0.25) is 0 Å². The summed E-state index contributed by atoms with van der Waals surface area (Å²) in [5.41, 5.74) is 4.09. The predicted octanol–water partition coefficient (Wildman–Crippen LogP) is 4.85. The zero-order valence-electron chi connectivity index (χ0n) is 18.1. The SMILES string of the molecule is CCOc1ccc(-n2c(-c3ccco3)nc3c(cnn3-c3ccc(C)c(C)c3)c2=O)cc1. The van der Waals surface area contributed by atoms with Gasteiger partial charge in [0.1, 0.15) is 11.1 Å². The van der Waals surface area contributed by atoms with Crippen molar-refractivity contribution < 1.29 is 9.15 Å². The lowest BCUT2D eigenvalue weighted by atomic mass is 10.1. The first kappa shape index (κ1) is 19.8. The molecule has 0 N–H and O–H groups in total. The molecule has 0 unspecified atom stereocenters. The molecule has 160 valence electrons. The first-order chi connectivity index (χ1) is 15.6. The van der Waals surface area contributed by atoms with Crippen LogP contribution in [0.25, 0.3) is 34.0 Å². The van der Waals surface area contributed by atoms with Crippen LogP contribution in [0, 0.1) is 13.8 Å². The van der Waals surface area contributed by atoms with Crippen molar-refractivity contribution in [2.75, 3.05) is 6.61 Å². The molecule has 3 heterocycles. The summed E-state index contributed by atoms with van der Waals surface area (Å²) in [4.78, 5) is 18.5. The standard InChI is InChI=1S/C25H22N4O3/c1-4-31-20-11-9-18(10-12-20)28-24(22-6-5-13-32-22)27-23-21(25(28)30)15-26-29(23)19-8-7-16(2)17(3)14-19/h5-15H,4H2,1-3H3. The molecule has 5 rings (SSSR count). The molecule has 7 heteroatoms. The number of rotatable bonds is 5. The van der Waals surface area contributed by atoms with E-state index >= 15 is 0 Å². The lowest BCUT2D eigenvalue weighted by Gasteiger charge is -2.13. The average molecular weight is 426 g/mol. The van der Waals surface area contributed by atoms with Crippen molar-refractivity contribution in [3.05, 3.63) is 88.5 Å². The summed E-state index contributed by atoms with van der Waals surface area (Å²) in [6.07, 6.45) is 3.13. The molecule has 7 nitrogen and oxygen atoms in total. The molecule has 3 aromatic heterocycles. The second kappa shape index (κ2) is 7.85. The summed E-state index contributed by atoms with van der Waals surface area (Å²) in [6.45, 7) is 6.61. The lowest BCUT2D eigenvalue weighted by molar-refractivity contribution is 0.340. The fraction of sp³-hybridized carbons (Fsp3) is 0.160. The molecule has 0 aliphatic rings. The smallest absolute Gasteiger partial charge is 0.269 e. The van der Waals surface area contributed by atoms with Crippen molar-refractivity contribution in [2.45, 2.75) is 20.8 Å². The van der Waals surface area contributed by atoms with Crippen LogP contribution in [0.3, 0.4) is 0 Å². The number of fused-ring (bicyclic) bond motifs is 1. The molecule has 0 saturated heterocycles. The monoisotopic (exact) mass is 426 g/mol. The fourth-order valence-corrected chi connectivity index (χ4v) is 3.68. The molecule has 2 aromatic carbocycles. The summed E-state index contributed by atoms with van der Waals surface area (Å²) < 4.78 is 14.4. The summed E-state index contributed by atoms with van der Waals surface area (Å²) >= 11 is 0. The Bertz CT molecular complexity index is 1460. The molecule has 0 atom stereocenters. The molecule has 32 heavy (non-hydrogen) atoms. The Morgan fingerprint density at radius 3 is 2.47 bits per heavy atom. The second-order valence-electron chi connectivity index (χ2n) is 7.54. The van der Waals surface area contributed by atoms with E-state index < -0.39 is 0 Å². The van der Waals surface area contributed by atoms with Crippen LogP contribution in [-0.4, -0.2) is 25.9 Å². The van der Waals surface area contributed by atoms with Gasteiger partial charge < -0.3 is 9.15 Å². The quantitative estimate of drug-likeness (QED) is 0.402. The third-order valence-corrected chi connectivity index (χ3v) is 5.48. The molecule has 0 bridgehead atoms. The first-order valence-corrected chi connectivity index (χ1v) is 10.4. The molecule has 0 saturated carbocycles. The van der Waals surface area contributed by atoms with Gasteiger partial charge in [0.15, 0.2) is 17.2 Å². The average Bonchev–Trinajstić information content (AvgIpc) is 3.47. The molecule has 0 spiro atoms. The van der Waals surface area contributed by atoms with Gasteiger partial charge in [-0.1, -0.05) is 6.07 Å². The molecule has 0 radical (unpaired) electrons. The molecule has 0 aliphatic heterocycles. The van der Waals surface area contributed by atoms with E-state index in [9.17, 15) is 4.79 Å². The summed E-state index contributed by atoms with van der Waals surface area (Å²) in [7, 11) is 0. The van der Waals surface area contributed by atoms with Crippen LogP contribution in [-0.2, 0) is 0 Å².